The van der Waals surface area contributed by atoms with Crippen LogP contribution in [0.15, 0.2) is 22.7 Å². The summed E-state index contributed by atoms with van der Waals surface area (Å²) >= 11 is 3.67. The molecule has 0 saturated carbocycles. The van der Waals surface area contributed by atoms with Crippen molar-refractivity contribution in [2.75, 3.05) is 25.0 Å². The second-order valence-corrected chi connectivity index (χ2v) is 4.92. The van der Waals surface area contributed by atoms with Crippen LogP contribution in [-0.2, 0) is 0 Å². The van der Waals surface area contributed by atoms with Crippen LogP contribution in [0.3, 0.4) is 0 Å². The Morgan fingerprint density at radius 1 is 1.47 bits per heavy atom. The molecule has 0 spiro atoms. The number of aryl methyl sites for hydroxylation is 1. The molecular formula is C12H17BrN2. The smallest absolute Gasteiger partial charge is 0.0513 e. The second-order valence-electron chi connectivity index (χ2n) is 4.13. The summed E-state index contributed by atoms with van der Waals surface area (Å²) in [5, 5.41) is 3.34. The van der Waals surface area contributed by atoms with Crippen LogP contribution >= 0.6 is 15.9 Å². The van der Waals surface area contributed by atoms with Crippen LogP contribution in [0.25, 0.3) is 0 Å². The van der Waals surface area contributed by atoms with Gasteiger partial charge in [-0.15, -0.1) is 0 Å². The monoisotopic (exact) mass is 268 g/mol. The topological polar surface area (TPSA) is 15.3 Å². The number of anilines is 1. The highest BCUT2D eigenvalue weighted by Gasteiger charge is 2.22. The molecule has 1 aromatic rings. The lowest BCUT2D eigenvalue weighted by atomic mass is 10.2. The Hall–Kier alpha value is -0.540. The van der Waals surface area contributed by atoms with Gasteiger partial charge in [0.05, 0.1) is 5.69 Å². The van der Waals surface area contributed by atoms with Gasteiger partial charge >= 0.3 is 0 Å². The van der Waals surface area contributed by atoms with Gasteiger partial charge in [-0.3, -0.25) is 0 Å². The zero-order valence-corrected chi connectivity index (χ0v) is 10.8. The molecule has 1 heterocycles. The maximum Gasteiger partial charge on any atom is 0.0513 e. The fourth-order valence-corrected chi connectivity index (χ4v) is 2.61. The summed E-state index contributed by atoms with van der Waals surface area (Å²) in [6.07, 6.45) is 1.23. The van der Waals surface area contributed by atoms with Crippen molar-refractivity contribution in [1.29, 1.82) is 0 Å². The molecule has 3 heteroatoms. The fourth-order valence-electron chi connectivity index (χ4n) is 2.09. The fraction of sp³-hybridized carbons (Fsp3) is 0.500. The van der Waals surface area contributed by atoms with Crippen molar-refractivity contribution < 1.29 is 0 Å². The van der Waals surface area contributed by atoms with Gasteiger partial charge in [0.15, 0.2) is 0 Å². The van der Waals surface area contributed by atoms with Gasteiger partial charge in [-0.25, -0.2) is 0 Å². The molecular weight excluding hydrogens is 252 g/mol. The summed E-state index contributed by atoms with van der Waals surface area (Å²) in [5.41, 5.74) is 2.63. The van der Waals surface area contributed by atoms with E-state index in [-0.39, 0.29) is 0 Å². The predicted octanol–water partition coefficient (Wildman–Crippen LogP) is 2.56. The average Bonchev–Trinajstić information content (AvgIpc) is 2.70. The molecule has 1 aromatic carbocycles. The quantitative estimate of drug-likeness (QED) is 0.887. The van der Waals surface area contributed by atoms with Crippen molar-refractivity contribution in [3.8, 4) is 0 Å². The van der Waals surface area contributed by atoms with E-state index in [2.05, 4.69) is 51.3 Å². The minimum absolute atomic E-state index is 0.636. The second kappa shape index (κ2) is 4.54. The van der Waals surface area contributed by atoms with E-state index >= 15 is 0 Å². The molecule has 1 aliphatic heterocycles. The highest BCUT2D eigenvalue weighted by molar-refractivity contribution is 9.10. The summed E-state index contributed by atoms with van der Waals surface area (Å²) in [4.78, 5) is 2.44. The normalized spacial score (nSPS) is 21.0. The molecule has 1 aliphatic rings. The Morgan fingerprint density at radius 2 is 2.27 bits per heavy atom. The van der Waals surface area contributed by atoms with Gasteiger partial charge in [0.25, 0.3) is 0 Å². The molecule has 0 radical (unpaired) electrons. The lowest BCUT2D eigenvalue weighted by Gasteiger charge is -2.21. The molecule has 2 nitrogen and oxygen atoms in total. The van der Waals surface area contributed by atoms with E-state index in [0.29, 0.717) is 6.04 Å². The van der Waals surface area contributed by atoms with Crippen LogP contribution in [0, 0.1) is 6.92 Å². The van der Waals surface area contributed by atoms with E-state index < -0.39 is 0 Å². The van der Waals surface area contributed by atoms with Crippen LogP contribution in [0.5, 0.6) is 0 Å². The van der Waals surface area contributed by atoms with Crippen molar-refractivity contribution in [2.24, 2.45) is 0 Å². The van der Waals surface area contributed by atoms with E-state index in [0.717, 1.165) is 13.1 Å². The molecule has 0 bridgehead atoms. The van der Waals surface area contributed by atoms with Crippen LogP contribution in [-0.4, -0.2) is 26.2 Å². The Morgan fingerprint density at radius 3 is 2.93 bits per heavy atom. The first-order chi connectivity index (χ1) is 7.22. The SMILES string of the molecule is CNC1CCN(c2cccc(C)c2Br)C1. The van der Waals surface area contributed by atoms with Crippen LogP contribution < -0.4 is 10.2 Å². The number of nitrogens with zero attached hydrogens (tertiary/aromatic N) is 1. The summed E-state index contributed by atoms with van der Waals surface area (Å²) in [6, 6.07) is 7.09. The number of nitrogens with one attached hydrogen (secondary N) is 1. The third kappa shape index (κ3) is 2.18. The highest BCUT2D eigenvalue weighted by Crippen LogP contribution is 2.31. The molecule has 1 N–H and O–H groups in total. The van der Waals surface area contributed by atoms with Crippen molar-refractivity contribution in [3.63, 3.8) is 0 Å². The predicted molar refractivity (Wildman–Crippen MR) is 68.6 cm³/mol. The van der Waals surface area contributed by atoms with Gasteiger partial charge in [0, 0.05) is 23.6 Å². The van der Waals surface area contributed by atoms with Crippen LogP contribution in [0.4, 0.5) is 5.69 Å². The maximum atomic E-state index is 3.67. The van der Waals surface area contributed by atoms with Crippen molar-refractivity contribution in [1.82, 2.24) is 5.32 Å². The van der Waals surface area contributed by atoms with E-state index in [4.69, 9.17) is 0 Å². The maximum absolute atomic E-state index is 3.67. The van der Waals surface area contributed by atoms with Gasteiger partial charge < -0.3 is 10.2 Å². The lowest BCUT2D eigenvalue weighted by Crippen LogP contribution is -2.29. The van der Waals surface area contributed by atoms with Gasteiger partial charge in [-0.1, -0.05) is 12.1 Å². The zero-order chi connectivity index (χ0) is 10.8. The number of rotatable bonds is 2. The molecule has 1 saturated heterocycles. The van der Waals surface area contributed by atoms with Crippen LogP contribution in [0.1, 0.15) is 12.0 Å². The Kier molecular flexibility index (Phi) is 3.32. The average molecular weight is 269 g/mol. The molecule has 82 valence electrons. The molecule has 0 amide bonds. The Balaban J connectivity index is 2.20. The molecule has 0 aliphatic carbocycles. The Labute approximate surface area is 99.8 Å². The molecule has 1 fully saturated rings. The standard InChI is InChI=1S/C12H17BrN2/c1-9-4-3-5-11(12(9)13)15-7-6-10(8-15)14-2/h3-5,10,14H,6-8H2,1-2H3. The molecule has 1 atom stereocenters. The van der Waals surface area contributed by atoms with Crippen molar-refractivity contribution in [2.45, 2.75) is 19.4 Å². The van der Waals surface area contributed by atoms with E-state index in [1.54, 1.807) is 0 Å². The number of halogens is 1. The van der Waals surface area contributed by atoms with Crippen LogP contribution in [0.2, 0.25) is 0 Å². The van der Waals surface area contributed by atoms with Crippen molar-refractivity contribution in [3.05, 3.63) is 28.2 Å². The first kappa shape index (κ1) is 11.0. The molecule has 0 aromatic heterocycles. The summed E-state index contributed by atoms with van der Waals surface area (Å²) in [7, 11) is 2.04. The minimum Gasteiger partial charge on any atom is -0.369 e. The number of likely N-dealkylation sites (N-methyl/N-ethyl adjacent to an activating group) is 1. The minimum atomic E-state index is 0.636. The van der Waals surface area contributed by atoms with Crippen molar-refractivity contribution >= 4 is 21.6 Å². The summed E-state index contributed by atoms with van der Waals surface area (Å²) in [5.74, 6) is 0. The van der Waals surface area contributed by atoms with Gasteiger partial charge in [0.1, 0.15) is 0 Å². The first-order valence-corrected chi connectivity index (χ1v) is 6.19. The highest BCUT2D eigenvalue weighted by atomic mass is 79.9. The third-order valence-corrected chi connectivity index (χ3v) is 4.14. The van der Waals surface area contributed by atoms with Gasteiger partial charge in [0.2, 0.25) is 0 Å². The lowest BCUT2D eigenvalue weighted by molar-refractivity contribution is 0.617. The summed E-state index contributed by atoms with van der Waals surface area (Å²) in [6.45, 7) is 4.39. The van der Waals surface area contributed by atoms with Gasteiger partial charge in [-0.2, -0.15) is 0 Å². The van der Waals surface area contributed by atoms with E-state index in [1.807, 2.05) is 7.05 Å². The number of hydrogen-bond acceptors (Lipinski definition) is 2. The van der Waals surface area contributed by atoms with E-state index in [9.17, 15) is 0 Å². The largest absolute Gasteiger partial charge is 0.369 e. The third-order valence-electron chi connectivity index (χ3n) is 3.11. The van der Waals surface area contributed by atoms with Gasteiger partial charge in [-0.05, 0) is 48.0 Å². The molecule has 2 rings (SSSR count). The molecule has 15 heavy (non-hydrogen) atoms. The zero-order valence-electron chi connectivity index (χ0n) is 9.26. The first-order valence-electron chi connectivity index (χ1n) is 5.39. The Bertz CT molecular complexity index is 351. The summed E-state index contributed by atoms with van der Waals surface area (Å²) < 4.78 is 1.24. The number of hydrogen-bond donors (Lipinski definition) is 1. The number of benzene rings is 1. The molecule has 1 unspecified atom stereocenters. The van der Waals surface area contributed by atoms with E-state index in [1.165, 1.54) is 22.1 Å².